The van der Waals surface area contributed by atoms with Crippen molar-refractivity contribution in [2.45, 2.75) is 19.6 Å². The second-order valence-electron chi connectivity index (χ2n) is 5.92. The largest absolute Gasteiger partial charge is 0.398 e. The molecular weight excluding hydrogens is 304 g/mol. The molecule has 1 unspecified atom stereocenters. The molecule has 3 rings (SSSR count). The van der Waals surface area contributed by atoms with E-state index in [9.17, 15) is 4.79 Å². The van der Waals surface area contributed by atoms with Gasteiger partial charge in [-0.3, -0.25) is 4.79 Å². The van der Waals surface area contributed by atoms with Gasteiger partial charge in [0, 0.05) is 31.5 Å². The van der Waals surface area contributed by atoms with Gasteiger partial charge in [-0.2, -0.15) is 0 Å². The van der Waals surface area contributed by atoms with Gasteiger partial charge in [0.2, 0.25) is 0 Å². The summed E-state index contributed by atoms with van der Waals surface area (Å²) in [4.78, 5) is 18.9. The standard InChI is InChI=1S/C18H22N4O2/c1-13-12-22(8-9-24-13)17-7-6-14(10-20-17)11-21-18(23)15-4-2-3-5-16(15)19/h2-7,10,13H,8-9,11-12,19H2,1H3,(H,21,23). The van der Waals surface area contributed by atoms with E-state index in [4.69, 9.17) is 10.5 Å². The minimum Gasteiger partial charge on any atom is -0.398 e. The van der Waals surface area contributed by atoms with Gasteiger partial charge in [-0.25, -0.2) is 4.98 Å². The number of carbonyl (C=O) groups is 1. The lowest BCUT2D eigenvalue weighted by atomic mass is 10.1. The second kappa shape index (κ2) is 7.31. The normalized spacial score (nSPS) is 17.5. The van der Waals surface area contributed by atoms with Crippen LogP contribution in [0.5, 0.6) is 0 Å². The Bertz CT molecular complexity index is 702. The van der Waals surface area contributed by atoms with Gasteiger partial charge in [0.25, 0.3) is 5.91 Å². The molecule has 1 amide bonds. The van der Waals surface area contributed by atoms with E-state index >= 15 is 0 Å². The summed E-state index contributed by atoms with van der Waals surface area (Å²) >= 11 is 0. The van der Waals surface area contributed by atoms with Crippen molar-refractivity contribution in [3.63, 3.8) is 0 Å². The number of nitrogens with zero attached hydrogens (tertiary/aromatic N) is 2. The van der Waals surface area contributed by atoms with Crippen LogP contribution in [0.2, 0.25) is 0 Å². The monoisotopic (exact) mass is 326 g/mol. The van der Waals surface area contributed by atoms with E-state index < -0.39 is 0 Å². The van der Waals surface area contributed by atoms with Crippen LogP contribution >= 0.6 is 0 Å². The van der Waals surface area contributed by atoms with Gasteiger partial charge < -0.3 is 20.7 Å². The highest BCUT2D eigenvalue weighted by atomic mass is 16.5. The highest BCUT2D eigenvalue weighted by molar-refractivity contribution is 5.98. The fraction of sp³-hybridized carbons (Fsp3) is 0.333. The third-order valence-corrected chi connectivity index (χ3v) is 4.03. The molecule has 24 heavy (non-hydrogen) atoms. The summed E-state index contributed by atoms with van der Waals surface area (Å²) in [6.07, 6.45) is 2.01. The first-order valence-corrected chi connectivity index (χ1v) is 8.07. The molecule has 0 saturated carbocycles. The highest BCUT2D eigenvalue weighted by Gasteiger charge is 2.17. The molecule has 0 bridgehead atoms. The van der Waals surface area contributed by atoms with Crippen molar-refractivity contribution in [1.29, 1.82) is 0 Å². The smallest absolute Gasteiger partial charge is 0.253 e. The van der Waals surface area contributed by atoms with E-state index in [1.807, 2.05) is 12.1 Å². The summed E-state index contributed by atoms with van der Waals surface area (Å²) < 4.78 is 5.54. The number of anilines is 2. The maximum atomic E-state index is 12.2. The molecule has 1 aromatic heterocycles. The fourth-order valence-electron chi connectivity index (χ4n) is 2.72. The van der Waals surface area contributed by atoms with Gasteiger partial charge in [0.1, 0.15) is 5.82 Å². The number of pyridine rings is 1. The summed E-state index contributed by atoms with van der Waals surface area (Å²) in [5, 5.41) is 2.87. The Kier molecular flexibility index (Phi) is 4.96. The quantitative estimate of drug-likeness (QED) is 0.838. The first-order valence-electron chi connectivity index (χ1n) is 8.07. The molecule has 6 nitrogen and oxygen atoms in total. The number of morpholine rings is 1. The van der Waals surface area contributed by atoms with E-state index in [-0.39, 0.29) is 12.0 Å². The summed E-state index contributed by atoms with van der Waals surface area (Å²) in [6, 6.07) is 11.0. The zero-order valence-corrected chi connectivity index (χ0v) is 13.7. The summed E-state index contributed by atoms with van der Waals surface area (Å²) in [6.45, 7) is 4.89. The Balaban J connectivity index is 1.58. The number of nitrogen functional groups attached to an aromatic ring is 1. The SMILES string of the molecule is CC1CN(c2ccc(CNC(=O)c3ccccc3N)cn2)CCO1. The van der Waals surface area contributed by atoms with Crippen LogP contribution in [0.1, 0.15) is 22.8 Å². The number of nitrogens with one attached hydrogen (secondary N) is 1. The van der Waals surface area contributed by atoms with Crippen molar-refractivity contribution in [3.05, 3.63) is 53.7 Å². The van der Waals surface area contributed by atoms with Gasteiger partial charge in [-0.1, -0.05) is 18.2 Å². The Labute approximate surface area is 141 Å². The van der Waals surface area contributed by atoms with Gasteiger partial charge in [0.05, 0.1) is 18.3 Å². The lowest BCUT2D eigenvalue weighted by Gasteiger charge is -2.32. The van der Waals surface area contributed by atoms with Crippen LogP contribution < -0.4 is 16.0 Å². The predicted molar refractivity (Wildman–Crippen MR) is 93.9 cm³/mol. The van der Waals surface area contributed by atoms with Crippen LogP contribution in [0.15, 0.2) is 42.6 Å². The van der Waals surface area contributed by atoms with Gasteiger partial charge in [-0.15, -0.1) is 0 Å². The molecule has 2 heterocycles. The first-order chi connectivity index (χ1) is 11.6. The minimum absolute atomic E-state index is 0.181. The maximum absolute atomic E-state index is 12.2. The fourth-order valence-corrected chi connectivity index (χ4v) is 2.72. The van der Waals surface area contributed by atoms with Crippen LogP contribution in [0.3, 0.4) is 0 Å². The topological polar surface area (TPSA) is 80.5 Å². The number of aromatic nitrogens is 1. The molecule has 6 heteroatoms. The lowest BCUT2D eigenvalue weighted by molar-refractivity contribution is 0.0529. The van der Waals surface area contributed by atoms with Crippen molar-refractivity contribution in [1.82, 2.24) is 10.3 Å². The Hall–Kier alpha value is -2.60. The number of benzene rings is 1. The molecule has 2 aromatic rings. The molecule has 1 fully saturated rings. The van der Waals surface area contributed by atoms with E-state index in [1.54, 1.807) is 30.5 Å². The van der Waals surface area contributed by atoms with Crippen LogP contribution in [0, 0.1) is 0 Å². The Morgan fingerprint density at radius 3 is 2.92 bits per heavy atom. The van der Waals surface area contributed by atoms with Crippen LogP contribution in [0.25, 0.3) is 0 Å². The molecule has 1 atom stereocenters. The summed E-state index contributed by atoms with van der Waals surface area (Å²) in [5.74, 6) is 0.756. The van der Waals surface area contributed by atoms with Crippen molar-refractivity contribution >= 4 is 17.4 Å². The molecule has 126 valence electrons. The molecule has 0 radical (unpaired) electrons. The number of nitrogens with two attached hydrogens (primary N) is 1. The van der Waals surface area contributed by atoms with Crippen LogP contribution in [0.4, 0.5) is 11.5 Å². The number of hydrogen-bond acceptors (Lipinski definition) is 5. The van der Waals surface area contributed by atoms with Gasteiger partial charge in [-0.05, 0) is 30.7 Å². The number of amides is 1. The van der Waals surface area contributed by atoms with Crippen molar-refractivity contribution < 1.29 is 9.53 Å². The van der Waals surface area contributed by atoms with Gasteiger partial charge in [0.15, 0.2) is 0 Å². The van der Waals surface area contributed by atoms with Crippen LogP contribution in [-0.2, 0) is 11.3 Å². The molecule has 0 aliphatic carbocycles. The van der Waals surface area contributed by atoms with E-state index in [0.717, 1.165) is 31.1 Å². The minimum atomic E-state index is -0.181. The third kappa shape index (κ3) is 3.83. The highest BCUT2D eigenvalue weighted by Crippen LogP contribution is 2.16. The summed E-state index contributed by atoms with van der Waals surface area (Å²) in [5.41, 5.74) is 7.73. The zero-order valence-electron chi connectivity index (χ0n) is 13.7. The zero-order chi connectivity index (χ0) is 16.9. The number of ether oxygens (including phenoxy) is 1. The molecule has 0 spiro atoms. The van der Waals surface area contributed by atoms with Crippen molar-refractivity contribution in [2.24, 2.45) is 0 Å². The summed E-state index contributed by atoms with van der Waals surface area (Å²) in [7, 11) is 0. The van der Waals surface area contributed by atoms with E-state index in [0.29, 0.717) is 17.8 Å². The average molecular weight is 326 g/mol. The molecule has 3 N–H and O–H groups in total. The maximum Gasteiger partial charge on any atom is 0.253 e. The Morgan fingerprint density at radius 1 is 1.38 bits per heavy atom. The number of carbonyl (C=O) groups excluding carboxylic acids is 1. The number of hydrogen-bond donors (Lipinski definition) is 2. The van der Waals surface area contributed by atoms with Gasteiger partial charge >= 0.3 is 0 Å². The first kappa shape index (κ1) is 16.3. The molecule has 1 aliphatic heterocycles. The lowest BCUT2D eigenvalue weighted by Crippen LogP contribution is -2.41. The third-order valence-electron chi connectivity index (χ3n) is 4.03. The molecule has 1 saturated heterocycles. The van der Waals surface area contributed by atoms with E-state index in [2.05, 4.69) is 22.1 Å². The molecular formula is C18H22N4O2. The predicted octanol–water partition coefficient (Wildman–Crippen LogP) is 1.82. The average Bonchev–Trinajstić information content (AvgIpc) is 2.60. The molecule has 1 aromatic carbocycles. The van der Waals surface area contributed by atoms with Crippen molar-refractivity contribution in [2.75, 3.05) is 30.3 Å². The van der Waals surface area contributed by atoms with E-state index in [1.165, 1.54) is 0 Å². The van der Waals surface area contributed by atoms with Crippen LogP contribution in [-0.4, -0.2) is 36.7 Å². The second-order valence-corrected chi connectivity index (χ2v) is 5.92. The Morgan fingerprint density at radius 2 is 2.21 bits per heavy atom. The van der Waals surface area contributed by atoms with Crippen molar-refractivity contribution in [3.8, 4) is 0 Å². The number of para-hydroxylation sites is 1. The number of rotatable bonds is 4. The molecule has 1 aliphatic rings.